The van der Waals surface area contributed by atoms with E-state index in [1.54, 1.807) is 31.2 Å². The zero-order valence-corrected chi connectivity index (χ0v) is 23.6. The average Bonchev–Trinajstić information content (AvgIpc) is 3.36. The molecule has 0 bridgehead atoms. The van der Waals surface area contributed by atoms with Gasteiger partial charge in [0, 0.05) is 28.4 Å². The minimum Gasteiger partial charge on any atom is -0.490 e. The lowest BCUT2D eigenvalue weighted by molar-refractivity contribution is 0.0526. The van der Waals surface area contributed by atoms with Crippen LogP contribution in [-0.4, -0.2) is 47.5 Å². The summed E-state index contributed by atoms with van der Waals surface area (Å²) in [5.74, 6) is 1.77. The molecule has 0 aliphatic rings. The molecule has 4 aromatic carbocycles. The monoisotopic (exact) mass is 552 g/mol. The molecule has 0 saturated carbocycles. The normalized spacial score (nSPS) is 12.4. The van der Waals surface area contributed by atoms with Gasteiger partial charge in [-0.25, -0.2) is 4.79 Å². The molecule has 3 N–H and O–H groups in total. The van der Waals surface area contributed by atoms with Crippen molar-refractivity contribution in [3.63, 3.8) is 0 Å². The highest BCUT2D eigenvalue weighted by Crippen LogP contribution is 2.33. The van der Waals surface area contributed by atoms with E-state index >= 15 is 0 Å². The highest BCUT2D eigenvalue weighted by molar-refractivity contribution is 6.10. The zero-order chi connectivity index (χ0) is 28.8. The van der Waals surface area contributed by atoms with Crippen molar-refractivity contribution < 1.29 is 24.1 Å². The van der Waals surface area contributed by atoms with Gasteiger partial charge in [-0.1, -0.05) is 36.4 Å². The number of aliphatic hydroxyl groups excluding tert-OH is 1. The van der Waals surface area contributed by atoms with Crippen molar-refractivity contribution in [3.05, 3.63) is 102 Å². The van der Waals surface area contributed by atoms with Crippen LogP contribution in [0, 0.1) is 0 Å². The van der Waals surface area contributed by atoms with Gasteiger partial charge in [-0.2, -0.15) is 0 Å². The van der Waals surface area contributed by atoms with Crippen LogP contribution in [0.25, 0.3) is 21.8 Å². The van der Waals surface area contributed by atoms with Gasteiger partial charge in [0.25, 0.3) is 0 Å². The Balaban J connectivity index is 1.11. The molecule has 5 rings (SSSR count). The van der Waals surface area contributed by atoms with Crippen molar-refractivity contribution >= 4 is 27.8 Å². The summed E-state index contributed by atoms with van der Waals surface area (Å²) < 4.78 is 17.0. The Bertz CT molecular complexity index is 1610. The summed E-state index contributed by atoms with van der Waals surface area (Å²) in [5, 5.41) is 16.3. The second-order valence-electron chi connectivity index (χ2n) is 10.7. The summed E-state index contributed by atoms with van der Waals surface area (Å²) in [6.07, 6.45) is 0.102. The Kier molecular flexibility index (Phi) is 8.57. The van der Waals surface area contributed by atoms with E-state index in [4.69, 9.17) is 14.2 Å². The summed E-state index contributed by atoms with van der Waals surface area (Å²) in [5.41, 5.74) is 3.47. The number of hydrogen-bond donors (Lipinski definition) is 3. The number of nitrogens with one attached hydrogen (secondary N) is 2. The molecule has 1 atom stereocenters. The molecule has 7 nitrogen and oxygen atoms in total. The Morgan fingerprint density at radius 1 is 0.902 bits per heavy atom. The molecule has 0 amide bonds. The standard InChI is InChI=1S/C34H36N2O5/c1-4-39-33(38)24-14-18-27(19-15-24)41-26-16-12-23(13-17-26)20-34(2,3)35-21-25(37)22-40-31-11-7-10-30-32(31)28-8-5-6-9-29(28)36-30/h5-19,25,35-37H,4,20-22H2,1-3H3/t25-/m0/s1. The van der Waals surface area contributed by atoms with Crippen LogP contribution in [0.5, 0.6) is 17.2 Å². The van der Waals surface area contributed by atoms with Crippen LogP contribution in [0.2, 0.25) is 0 Å². The third kappa shape index (κ3) is 7.06. The first kappa shape index (κ1) is 28.2. The van der Waals surface area contributed by atoms with Gasteiger partial charge in [0.2, 0.25) is 0 Å². The molecule has 0 aliphatic heterocycles. The number of carbonyl (C=O) groups is 1. The van der Waals surface area contributed by atoms with E-state index < -0.39 is 6.10 Å². The number of aromatic nitrogens is 1. The quantitative estimate of drug-likeness (QED) is 0.150. The smallest absolute Gasteiger partial charge is 0.338 e. The predicted molar refractivity (Wildman–Crippen MR) is 162 cm³/mol. The minimum atomic E-state index is -0.666. The van der Waals surface area contributed by atoms with Gasteiger partial charge in [0.1, 0.15) is 30.0 Å². The van der Waals surface area contributed by atoms with Crippen LogP contribution in [-0.2, 0) is 11.2 Å². The SMILES string of the molecule is CCOC(=O)c1ccc(Oc2ccc(CC(C)(C)NC[C@H](O)COc3cccc4[nH]c5ccccc5c34)cc2)cc1. The molecule has 0 spiro atoms. The van der Waals surface area contributed by atoms with Gasteiger partial charge in [0.05, 0.1) is 17.7 Å². The van der Waals surface area contributed by atoms with Crippen LogP contribution >= 0.6 is 0 Å². The molecule has 1 heterocycles. The molecule has 0 fully saturated rings. The molecule has 1 aromatic heterocycles. The van der Waals surface area contributed by atoms with Crippen molar-refractivity contribution in [1.82, 2.24) is 10.3 Å². The number of H-pyrrole nitrogens is 1. The van der Waals surface area contributed by atoms with Crippen molar-refractivity contribution in [2.75, 3.05) is 19.8 Å². The third-order valence-electron chi connectivity index (χ3n) is 6.91. The Labute approximate surface area is 240 Å². The van der Waals surface area contributed by atoms with Crippen LogP contribution in [0.4, 0.5) is 0 Å². The highest BCUT2D eigenvalue weighted by atomic mass is 16.5. The zero-order valence-electron chi connectivity index (χ0n) is 23.6. The number of fused-ring (bicyclic) bond motifs is 3. The van der Waals surface area contributed by atoms with E-state index in [1.807, 2.05) is 60.7 Å². The Morgan fingerprint density at radius 2 is 1.59 bits per heavy atom. The van der Waals surface area contributed by atoms with E-state index in [2.05, 4.69) is 30.2 Å². The molecule has 5 aromatic rings. The number of carbonyl (C=O) groups excluding carboxylic acids is 1. The Morgan fingerprint density at radius 3 is 2.32 bits per heavy atom. The molecule has 7 heteroatoms. The van der Waals surface area contributed by atoms with E-state index in [0.29, 0.717) is 30.2 Å². The number of esters is 1. The molecular formula is C34H36N2O5. The van der Waals surface area contributed by atoms with E-state index in [1.165, 1.54) is 0 Å². The fourth-order valence-electron chi connectivity index (χ4n) is 4.89. The second kappa shape index (κ2) is 12.5. The number of ether oxygens (including phenoxy) is 3. The van der Waals surface area contributed by atoms with Crippen LogP contribution < -0.4 is 14.8 Å². The number of hydrogen-bond acceptors (Lipinski definition) is 6. The van der Waals surface area contributed by atoms with Crippen molar-refractivity contribution in [2.45, 2.75) is 38.8 Å². The van der Waals surface area contributed by atoms with Crippen LogP contribution in [0.15, 0.2) is 91.0 Å². The number of rotatable bonds is 12. The first-order valence-corrected chi connectivity index (χ1v) is 13.9. The van der Waals surface area contributed by atoms with Crippen LogP contribution in [0.3, 0.4) is 0 Å². The number of aliphatic hydroxyl groups is 1. The van der Waals surface area contributed by atoms with Crippen LogP contribution in [0.1, 0.15) is 36.7 Å². The summed E-state index contributed by atoms with van der Waals surface area (Å²) in [7, 11) is 0. The predicted octanol–water partition coefficient (Wildman–Crippen LogP) is 6.64. The largest absolute Gasteiger partial charge is 0.490 e. The maximum Gasteiger partial charge on any atom is 0.338 e. The fraction of sp³-hybridized carbons (Fsp3) is 0.265. The van der Waals surface area contributed by atoms with E-state index in [0.717, 1.165) is 39.5 Å². The molecule has 0 aliphatic carbocycles. The van der Waals surface area contributed by atoms with Gasteiger partial charge in [0.15, 0.2) is 0 Å². The third-order valence-corrected chi connectivity index (χ3v) is 6.91. The topological polar surface area (TPSA) is 92.8 Å². The summed E-state index contributed by atoms with van der Waals surface area (Å²) >= 11 is 0. The van der Waals surface area contributed by atoms with Crippen molar-refractivity contribution in [2.24, 2.45) is 0 Å². The van der Waals surface area contributed by atoms with Gasteiger partial charge >= 0.3 is 5.97 Å². The lowest BCUT2D eigenvalue weighted by Gasteiger charge is -2.28. The molecule has 212 valence electrons. The number of para-hydroxylation sites is 1. The molecule has 0 saturated heterocycles. The lowest BCUT2D eigenvalue weighted by Crippen LogP contribution is -2.46. The minimum absolute atomic E-state index is 0.189. The highest BCUT2D eigenvalue weighted by Gasteiger charge is 2.20. The average molecular weight is 553 g/mol. The molecule has 0 radical (unpaired) electrons. The summed E-state index contributed by atoms with van der Waals surface area (Å²) in [4.78, 5) is 15.2. The second-order valence-corrected chi connectivity index (χ2v) is 10.7. The summed E-state index contributed by atoms with van der Waals surface area (Å²) in [6.45, 7) is 6.94. The Hall–Kier alpha value is -4.33. The number of β-amino-alcohol motifs (C(OH)–C–C–N with tert-alkyl or cyclic N) is 1. The molecule has 41 heavy (non-hydrogen) atoms. The van der Waals surface area contributed by atoms with Crippen molar-refractivity contribution in [3.8, 4) is 17.2 Å². The maximum atomic E-state index is 11.8. The lowest BCUT2D eigenvalue weighted by atomic mass is 9.94. The molecular weight excluding hydrogens is 516 g/mol. The van der Waals surface area contributed by atoms with Crippen molar-refractivity contribution in [1.29, 1.82) is 0 Å². The van der Waals surface area contributed by atoms with Gasteiger partial charge in [-0.15, -0.1) is 0 Å². The first-order chi connectivity index (χ1) is 19.8. The van der Waals surface area contributed by atoms with E-state index in [-0.39, 0.29) is 18.1 Å². The number of aromatic amines is 1. The van der Waals surface area contributed by atoms with E-state index in [9.17, 15) is 9.90 Å². The van der Waals surface area contributed by atoms with Gasteiger partial charge in [-0.3, -0.25) is 0 Å². The maximum absolute atomic E-state index is 11.8. The number of benzene rings is 4. The molecule has 0 unspecified atom stereocenters. The van der Waals surface area contributed by atoms with Gasteiger partial charge < -0.3 is 29.6 Å². The first-order valence-electron chi connectivity index (χ1n) is 13.9. The summed E-state index contributed by atoms with van der Waals surface area (Å²) in [6, 6.07) is 28.9. The fourth-order valence-corrected chi connectivity index (χ4v) is 4.89. The van der Waals surface area contributed by atoms with Gasteiger partial charge in [-0.05, 0) is 87.4 Å².